The molecule has 2 fully saturated rings. The highest BCUT2D eigenvalue weighted by molar-refractivity contribution is 6.32. The van der Waals surface area contributed by atoms with Crippen LogP contribution in [0.4, 0.5) is 5.69 Å². The first-order valence-electron chi connectivity index (χ1n) is 11.3. The molecular formula is C25H25ClN4O4. The second-order valence-electron chi connectivity index (χ2n) is 9.25. The lowest BCUT2D eigenvalue weighted by Gasteiger charge is -2.31. The SMILES string of the molecule is Cc1c(Cl)ccc2c1NC(=O)C21NC(CCC(N)=O)[C@H]2C(=O)N([C@H](C)c3ccccc3)C(=O)[C@H]21. The molecular weight excluding hydrogens is 456 g/mol. The van der Waals surface area contributed by atoms with Crippen molar-refractivity contribution in [3.63, 3.8) is 0 Å². The van der Waals surface area contributed by atoms with Crippen LogP contribution in [-0.4, -0.2) is 34.6 Å². The normalized spacial score (nSPS) is 28.3. The number of nitrogens with two attached hydrogens (primary N) is 1. The zero-order valence-electron chi connectivity index (χ0n) is 18.8. The molecule has 0 radical (unpaired) electrons. The van der Waals surface area contributed by atoms with Gasteiger partial charge in [0.05, 0.1) is 23.6 Å². The summed E-state index contributed by atoms with van der Waals surface area (Å²) in [5, 5.41) is 6.68. The molecule has 176 valence electrons. The summed E-state index contributed by atoms with van der Waals surface area (Å²) >= 11 is 6.29. The van der Waals surface area contributed by atoms with Crippen molar-refractivity contribution in [2.24, 2.45) is 17.6 Å². The second-order valence-corrected chi connectivity index (χ2v) is 9.66. The number of hydrogen-bond acceptors (Lipinski definition) is 5. The van der Waals surface area contributed by atoms with Crippen LogP contribution >= 0.6 is 11.6 Å². The van der Waals surface area contributed by atoms with E-state index >= 15 is 0 Å². The summed E-state index contributed by atoms with van der Waals surface area (Å²) in [6.45, 7) is 3.60. The van der Waals surface area contributed by atoms with Crippen LogP contribution in [0.1, 0.15) is 42.5 Å². The lowest BCUT2D eigenvalue weighted by atomic mass is 9.76. The van der Waals surface area contributed by atoms with Crippen LogP contribution in [0, 0.1) is 18.8 Å². The number of hydrogen-bond donors (Lipinski definition) is 3. The second kappa shape index (κ2) is 7.92. The van der Waals surface area contributed by atoms with Gasteiger partial charge in [-0.3, -0.25) is 29.4 Å². The Morgan fingerprint density at radius 3 is 2.53 bits per heavy atom. The Labute approximate surface area is 201 Å². The number of primary amides is 1. The summed E-state index contributed by atoms with van der Waals surface area (Å²) in [4.78, 5) is 54.1. The van der Waals surface area contributed by atoms with E-state index in [0.29, 0.717) is 21.8 Å². The van der Waals surface area contributed by atoms with E-state index in [1.54, 1.807) is 26.0 Å². The van der Waals surface area contributed by atoms with E-state index in [2.05, 4.69) is 10.6 Å². The van der Waals surface area contributed by atoms with E-state index in [-0.39, 0.29) is 18.7 Å². The quantitative estimate of drug-likeness (QED) is 0.567. The first kappa shape index (κ1) is 22.6. The number of nitrogens with zero attached hydrogens (tertiary/aromatic N) is 1. The van der Waals surface area contributed by atoms with Crippen molar-refractivity contribution >= 4 is 40.9 Å². The lowest BCUT2D eigenvalue weighted by Crippen LogP contribution is -2.53. The van der Waals surface area contributed by atoms with Gasteiger partial charge in [-0.05, 0) is 37.5 Å². The van der Waals surface area contributed by atoms with Crippen molar-refractivity contribution in [1.82, 2.24) is 10.2 Å². The van der Waals surface area contributed by atoms with Gasteiger partial charge in [-0.2, -0.15) is 0 Å². The van der Waals surface area contributed by atoms with Crippen LogP contribution in [0.25, 0.3) is 0 Å². The van der Waals surface area contributed by atoms with Gasteiger partial charge in [0.1, 0.15) is 5.54 Å². The minimum atomic E-state index is -1.43. The molecule has 5 rings (SSSR count). The van der Waals surface area contributed by atoms with E-state index in [1.165, 1.54) is 4.90 Å². The maximum atomic E-state index is 13.9. The summed E-state index contributed by atoms with van der Waals surface area (Å²) in [6, 6.07) is 11.6. The van der Waals surface area contributed by atoms with Gasteiger partial charge in [-0.15, -0.1) is 0 Å². The number of halogens is 1. The number of anilines is 1. The number of amides is 4. The summed E-state index contributed by atoms with van der Waals surface area (Å²) in [5.41, 5.74) is 6.60. The highest BCUT2D eigenvalue weighted by Crippen LogP contribution is 2.55. The molecule has 2 unspecified atom stereocenters. The average molecular weight is 481 g/mol. The number of carbonyl (C=O) groups is 4. The Morgan fingerprint density at radius 2 is 1.85 bits per heavy atom. The van der Waals surface area contributed by atoms with Crippen molar-refractivity contribution < 1.29 is 19.2 Å². The van der Waals surface area contributed by atoms with E-state index in [1.807, 2.05) is 30.3 Å². The van der Waals surface area contributed by atoms with Crippen LogP contribution in [0.5, 0.6) is 0 Å². The molecule has 9 heteroatoms. The Hall–Kier alpha value is -3.23. The minimum absolute atomic E-state index is 0.0286. The van der Waals surface area contributed by atoms with E-state index in [4.69, 9.17) is 17.3 Å². The first-order valence-corrected chi connectivity index (χ1v) is 11.6. The molecule has 34 heavy (non-hydrogen) atoms. The van der Waals surface area contributed by atoms with E-state index in [0.717, 1.165) is 5.56 Å². The predicted molar refractivity (Wildman–Crippen MR) is 126 cm³/mol. The Bertz CT molecular complexity index is 1230. The Balaban J connectivity index is 1.63. The highest BCUT2D eigenvalue weighted by Gasteiger charge is 2.70. The standard InChI is InChI=1S/C25H25ClN4O4/c1-12-16(26)9-8-15-21(12)28-24(34)25(15)20-19(17(29-25)10-11-18(27)31)22(32)30(23(20)33)13(2)14-6-4-3-5-7-14/h3-9,13,17,19-20,29H,10-11H2,1-2H3,(H2,27,31)(H,28,34)/t13-,17?,19-,20+,25?/m1/s1. The molecule has 2 aromatic carbocycles. The van der Waals surface area contributed by atoms with Crippen molar-refractivity contribution in [3.05, 3.63) is 64.2 Å². The molecule has 8 nitrogen and oxygen atoms in total. The number of nitrogens with one attached hydrogen (secondary N) is 2. The molecule has 3 heterocycles. The van der Waals surface area contributed by atoms with Crippen molar-refractivity contribution in [1.29, 1.82) is 0 Å². The van der Waals surface area contributed by atoms with Gasteiger partial charge in [0.2, 0.25) is 23.6 Å². The van der Waals surface area contributed by atoms with Gasteiger partial charge >= 0.3 is 0 Å². The van der Waals surface area contributed by atoms with Crippen LogP contribution in [0.2, 0.25) is 5.02 Å². The average Bonchev–Trinajstić information content (AvgIpc) is 3.40. The van der Waals surface area contributed by atoms with Crippen molar-refractivity contribution in [2.45, 2.75) is 44.3 Å². The van der Waals surface area contributed by atoms with Gasteiger partial charge in [-0.25, -0.2) is 0 Å². The molecule has 0 aromatic heterocycles. The molecule has 0 saturated carbocycles. The monoisotopic (exact) mass is 480 g/mol. The van der Waals surface area contributed by atoms with Gasteiger partial charge in [0.15, 0.2) is 0 Å². The maximum Gasteiger partial charge on any atom is 0.250 e. The number of imide groups is 1. The third-order valence-corrected chi connectivity index (χ3v) is 7.90. The first-order chi connectivity index (χ1) is 16.2. The molecule has 2 aromatic rings. The molecule has 3 aliphatic heterocycles. The predicted octanol–water partition coefficient (Wildman–Crippen LogP) is 2.40. The van der Waals surface area contributed by atoms with Gasteiger partial charge in [0.25, 0.3) is 0 Å². The van der Waals surface area contributed by atoms with Gasteiger partial charge < -0.3 is 11.1 Å². The topological polar surface area (TPSA) is 122 Å². The fourth-order valence-corrected chi connectivity index (χ4v) is 5.98. The molecule has 3 aliphatic rings. The maximum absolute atomic E-state index is 13.9. The minimum Gasteiger partial charge on any atom is -0.370 e. The number of carbonyl (C=O) groups excluding carboxylic acids is 4. The molecule has 1 spiro atoms. The van der Waals surface area contributed by atoms with Crippen LogP contribution < -0.4 is 16.4 Å². The molecule has 0 aliphatic carbocycles. The molecule has 5 atom stereocenters. The summed E-state index contributed by atoms with van der Waals surface area (Å²) in [6.07, 6.45) is 0.265. The highest BCUT2D eigenvalue weighted by atomic mass is 35.5. The lowest BCUT2D eigenvalue weighted by molar-refractivity contribution is -0.145. The third-order valence-electron chi connectivity index (χ3n) is 7.49. The molecule has 2 saturated heterocycles. The van der Waals surface area contributed by atoms with Crippen LogP contribution in [0.15, 0.2) is 42.5 Å². The van der Waals surface area contributed by atoms with E-state index < -0.39 is 47.2 Å². The van der Waals surface area contributed by atoms with Crippen LogP contribution in [0.3, 0.4) is 0 Å². The number of benzene rings is 2. The summed E-state index contributed by atoms with van der Waals surface area (Å²) < 4.78 is 0. The fraction of sp³-hybridized carbons (Fsp3) is 0.360. The largest absolute Gasteiger partial charge is 0.370 e. The summed E-state index contributed by atoms with van der Waals surface area (Å²) in [5.74, 6) is -3.42. The van der Waals surface area contributed by atoms with Crippen LogP contribution in [-0.2, 0) is 24.7 Å². The third kappa shape index (κ3) is 3.02. The van der Waals surface area contributed by atoms with Crippen molar-refractivity contribution in [3.8, 4) is 0 Å². The number of rotatable bonds is 5. The van der Waals surface area contributed by atoms with Crippen molar-refractivity contribution in [2.75, 3.05) is 5.32 Å². The Kier molecular flexibility index (Phi) is 5.26. The molecule has 4 amide bonds. The Morgan fingerprint density at radius 1 is 1.15 bits per heavy atom. The van der Waals surface area contributed by atoms with Gasteiger partial charge in [0, 0.05) is 23.0 Å². The number of likely N-dealkylation sites (tertiary alicyclic amines) is 1. The molecule has 4 N–H and O–H groups in total. The number of fused-ring (bicyclic) bond motifs is 4. The fourth-order valence-electron chi connectivity index (χ4n) is 5.82. The smallest absolute Gasteiger partial charge is 0.250 e. The summed E-state index contributed by atoms with van der Waals surface area (Å²) in [7, 11) is 0. The zero-order valence-corrected chi connectivity index (χ0v) is 19.6. The van der Waals surface area contributed by atoms with E-state index in [9.17, 15) is 19.2 Å². The molecule has 0 bridgehead atoms. The zero-order chi connectivity index (χ0) is 24.4. The van der Waals surface area contributed by atoms with Gasteiger partial charge in [-0.1, -0.05) is 48.0 Å².